The van der Waals surface area contributed by atoms with E-state index in [0.717, 1.165) is 20.9 Å². The number of rotatable bonds is 8. The van der Waals surface area contributed by atoms with Gasteiger partial charge in [-0.05, 0) is 40.2 Å². The smallest absolute Gasteiger partial charge is 0.108 e. The number of thiocarbonyl (C=S) groups is 1. The Bertz CT molecular complexity index is 397. The standard InChI is InChI=1S/C13H19BrN2S2/c1-2-3-4-5-6-7-18-12-9-10(13(15)17)8-11(14)16-12/h8-9H,2-7H2,1H3,(H2,15,17). The molecule has 2 nitrogen and oxygen atoms in total. The van der Waals surface area contributed by atoms with Crippen LogP contribution >= 0.6 is 39.9 Å². The van der Waals surface area contributed by atoms with Crippen molar-refractivity contribution in [1.29, 1.82) is 0 Å². The van der Waals surface area contributed by atoms with Gasteiger partial charge < -0.3 is 5.73 Å². The van der Waals surface area contributed by atoms with E-state index < -0.39 is 0 Å². The molecule has 18 heavy (non-hydrogen) atoms. The maximum absolute atomic E-state index is 5.63. The molecule has 1 heterocycles. The predicted octanol–water partition coefficient (Wildman–Crippen LogP) is 4.54. The molecule has 0 aliphatic carbocycles. The average molecular weight is 347 g/mol. The summed E-state index contributed by atoms with van der Waals surface area (Å²) in [6.07, 6.45) is 6.50. The first kappa shape index (κ1) is 15.9. The van der Waals surface area contributed by atoms with Crippen molar-refractivity contribution in [3.63, 3.8) is 0 Å². The number of halogens is 1. The highest BCUT2D eigenvalue weighted by Gasteiger charge is 2.03. The summed E-state index contributed by atoms with van der Waals surface area (Å²) in [5.74, 6) is 1.10. The summed E-state index contributed by atoms with van der Waals surface area (Å²) < 4.78 is 0.793. The summed E-state index contributed by atoms with van der Waals surface area (Å²) in [5, 5.41) is 0.989. The van der Waals surface area contributed by atoms with Gasteiger partial charge in [-0.3, -0.25) is 0 Å². The number of nitrogens with zero attached hydrogens (tertiary/aromatic N) is 1. The Kier molecular flexibility index (Phi) is 7.86. The van der Waals surface area contributed by atoms with E-state index in [9.17, 15) is 0 Å². The van der Waals surface area contributed by atoms with Gasteiger partial charge in [-0.15, -0.1) is 11.8 Å². The van der Waals surface area contributed by atoms with Crippen molar-refractivity contribution in [2.45, 2.75) is 44.1 Å². The van der Waals surface area contributed by atoms with Gasteiger partial charge in [0.15, 0.2) is 0 Å². The van der Waals surface area contributed by atoms with Crippen molar-refractivity contribution in [2.75, 3.05) is 5.75 Å². The third-order valence-corrected chi connectivity index (χ3v) is 4.19. The average Bonchev–Trinajstić information content (AvgIpc) is 2.33. The van der Waals surface area contributed by atoms with Gasteiger partial charge in [0.05, 0.1) is 5.03 Å². The molecule has 0 saturated carbocycles. The molecule has 1 rings (SSSR count). The summed E-state index contributed by atoms with van der Waals surface area (Å²) in [5.41, 5.74) is 6.51. The highest BCUT2D eigenvalue weighted by atomic mass is 79.9. The quantitative estimate of drug-likeness (QED) is 0.324. The fourth-order valence-corrected chi connectivity index (χ4v) is 3.18. The number of aromatic nitrogens is 1. The molecule has 1 aromatic rings. The lowest BCUT2D eigenvalue weighted by Gasteiger charge is -2.05. The van der Waals surface area contributed by atoms with Crippen molar-refractivity contribution in [1.82, 2.24) is 4.98 Å². The molecule has 100 valence electrons. The highest BCUT2D eigenvalue weighted by molar-refractivity contribution is 9.10. The van der Waals surface area contributed by atoms with Crippen molar-refractivity contribution in [3.05, 3.63) is 22.3 Å². The molecule has 0 aliphatic rings. The fraction of sp³-hybridized carbons (Fsp3) is 0.538. The number of hydrogen-bond acceptors (Lipinski definition) is 3. The van der Waals surface area contributed by atoms with E-state index >= 15 is 0 Å². The van der Waals surface area contributed by atoms with Gasteiger partial charge >= 0.3 is 0 Å². The first-order chi connectivity index (χ1) is 8.63. The Morgan fingerprint density at radius 1 is 1.33 bits per heavy atom. The Balaban J connectivity index is 2.40. The van der Waals surface area contributed by atoms with Crippen LogP contribution in [0.25, 0.3) is 0 Å². The SMILES string of the molecule is CCCCCCCSc1cc(C(N)=S)cc(Br)n1. The van der Waals surface area contributed by atoms with E-state index in [2.05, 4.69) is 27.8 Å². The topological polar surface area (TPSA) is 38.9 Å². The van der Waals surface area contributed by atoms with Gasteiger partial charge in [0.2, 0.25) is 0 Å². The van der Waals surface area contributed by atoms with Gasteiger partial charge in [-0.2, -0.15) is 0 Å². The second-order valence-corrected chi connectivity index (χ2v) is 6.51. The van der Waals surface area contributed by atoms with E-state index in [4.69, 9.17) is 18.0 Å². The summed E-state index contributed by atoms with van der Waals surface area (Å²) in [4.78, 5) is 4.83. The molecule has 0 fully saturated rings. The minimum atomic E-state index is 0.419. The van der Waals surface area contributed by atoms with E-state index in [1.807, 2.05) is 12.1 Å². The zero-order valence-electron chi connectivity index (χ0n) is 10.6. The Hall–Kier alpha value is -0.130. The third kappa shape index (κ3) is 6.16. The van der Waals surface area contributed by atoms with Crippen LogP contribution in [-0.4, -0.2) is 15.7 Å². The fourth-order valence-electron chi connectivity index (χ4n) is 1.57. The number of hydrogen-bond donors (Lipinski definition) is 1. The molecule has 0 unspecified atom stereocenters. The molecule has 0 amide bonds. The van der Waals surface area contributed by atoms with Crippen molar-refractivity contribution in [2.24, 2.45) is 5.73 Å². The zero-order valence-corrected chi connectivity index (χ0v) is 13.8. The number of unbranched alkanes of at least 4 members (excludes halogenated alkanes) is 4. The normalized spacial score (nSPS) is 10.6. The number of nitrogens with two attached hydrogens (primary N) is 1. The summed E-state index contributed by atoms with van der Waals surface area (Å²) in [6.45, 7) is 2.23. The molecule has 0 atom stereocenters. The van der Waals surface area contributed by atoms with Gasteiger partial charge in [-0.25, -0.2) is 4.98 Å². The number of pyridine rings is 1. The zero-order chi connectivity index (χ0) is 13.4. The van der Waals surface area contributed by atoms with Crippen LogP contribution in [0.4, 0.5) is 0 Å². The lowest BCUT2D eigenvalue weighted by Crippen LogP contribution is -2.09. The second-order valence-electron chi connectivity index (χ2n) is 4.14. The monoisotopic (exact) mass is 346 g/mol. The maximum atomic E-state index is 5.63. The van der Waals surface area contributed by atoms with Crippen molar-refractivity contribution in [3.8, 4) is 0 Å². The van der Waals surface area contributed by atoms with Crippen LogP contribution in [-0.2, 0) is 0 Å². The van der Waals surface area contributed by atoms with Crippen molar-refractivity contribution >= 4 is 44.9 Å². The van der Waals surface area contributed by atoms with Crippen LogP contribution < -0.4 is 5.73 Å². The molecule has 2 N–H and O–H groups in total. The van der Waals surface area contributed by atoms with Crippen LogP contribution in [0.5, 0.6) is 0 Å². The van der Waals surface area contributed by atoms with E-state index in [1.54, 1.807) is 11.8 Å². The lowest BCUT2D eigenvalue weighted by molar-refractivity contribution is 0.659. The first-order valence-electron chi connectivity index (χ1n) is 6.23. The first-order valence-corrected chi connectivity index (χ1v) is 8.42. The lowest BCUT2D eigenvalue weighted by atomic mass is 10.2. The van der Waals surface area contributed by atoms with Gasteiger partial charge in [-0.1, -0.05) is 44.8 Å². The van der Waals surface area contributed by atoms with Gasteiger partial charge in [0, 0.05) is 5.56 Å². The molecule has 1 aromatic heterocycles. The summed E-state index contributed by atoms with van der Waals surface area (Å²) in [6, 6.07) is 3.82. The Morgan fingerprint density at radius 2 is 2.06 bits per heavy atom. The Morgan fingerprint density at radius 3 is 2.72 bits per heavy atom. The Labute approximate surface area is 127 Å². The van der Waals surface area contributed by atoms with Crippen LogP contribution in [0.3, 0.4) is 0 Å². The highest BCUT2D eigenvalue weighted by Crippen LogP contribution is 2.22. The second kappa shape index (κ2) is 8.88. The molecular formula is C13H19BrN2S2. The molecule has 0 spiro atoms. The van der Waals surface area contributed by atoms with E-state index in [-0.39, 0.29) is 0 Å². The van der Waals surface area contributed by atoms with Crippen molar-refractivity contribution < 1.29 is 0 Å². The predicted molar refractivity (Wildman–Crippen MR) is 87.3 cm³/mol. The minimum Gasteiger partial charge on any atom is -0.389 e. The molecule has 5 heteroatoms. The minimum absolute atomic E-state index is 0.419. The van der Waals surface area contributed by atoms with Crippen LogP contribution in [0.2, 0.25) is 0 Å². The molecule has 0 aromatic carbocycles. The third-order valence-electron chi connectivity index (χ3n) is 2.55. The van der Waals surface area contributed by atoms with E-state index in [0.29, 0.717) is 4.99 Å². The van der Waals surface area contributed by atoms with Gasteiger partial charge in [0.25, 0.3) is 0 Å². The summed E-state index contributed by atoms with van der Waals surface area (Å²) in [7, 11) is 0. The maximum Gasteiger partial charge on any atom is 0.108 e. The summed E-state index contributed by atoms with van der Waals surface area (Å²) >= 11 is 10.1. The molecule has 0 saturated heterocycles. The van der Waals surface area contributed by atoms with Gasteiger partial charge in [0.1, 0.15) is 9.59 Å². The molecule has 0 radical (unpaired) electrons. The molecule has 0 aliphatic heterocycles. The van der Waals surface area contributed by atoms with Crippen LogP contribution in [0, 0.1) is 0 Å². The molecular weight excluding hydrogens is 328 g/mol. The largest absolute Gasteiger partial charge is 0.389 e. The number of thioether (sulfide) groups is 1. The molecule has 0 bridgehead atoms. The van der Waals surface area contributed by atoms with E-state index in [1.165, 1.54) is 32.1 Å². The van der Waals surface area contributed by atoms with Crippen LogP contribution in [0.15, 0.2) is 21.8 Å². The van der Waals surface area contributed by atoms with Crippen LogP contribution in [0.1, 0.15) is 44.6 Å².